The molecular formula is C29H52O. The SMILES string of the molecule is CC(C)[C@@H](C)[C@@H](C)CC(C)[C@H]1CCC2C3CCC4C[C@@H](O)CC[C@]4(C)C3CC[C@@]21C. The van der Waals surface area contributed by atoms with Crippen LogP contribution in [-0.4, -0.2) is 11.2 Å². The Kier molecular flexibility index (Phi) is 6.47. The van der Waals surface area contributed by atoms with E-state index in [0.29, 0.717) is 10.8 Å². The van der Waals surface area contributed by atoms with E-state index < -0.39 is 0 Å². The number of rotatable bonds is 5. The van der Waals surface area contributed by atoms with Crippen molar-refractivity contribution < 1.29 is 5.11 Å². The topological polar surface area (TPSA) is 20.2 Å². The third-order valence-corrected chi connectivity index (χ3v) is 12.1. The van der Waals surface area contributed by atoms with Crippen molar-refractivity contribution in [1.29, 1.82) is 0 Å². The lowest BCUT2D eigenvalue weighted by molar-refractivity contribution is -0.129. The van der Waals surface area contributed by atoms with Crippen LogP contribution in [-0.2, 0) is 0 Å². The van der Waals surface area contributed by atoms with Gasteiger partial charge in [0.25, 0.3) is 0 Å². The molecule has 0 aliphatic heterocycles. The second-order valence-corrected chi connectivity index (χ2v) is 13.6. The minimum atomic E-state index is -0.0135. The summed E-state index contributed by atoms with van der Waals surface area (Å²) in [7, 11) is 0. The van der Waals surface area contributed by atoms with Gasteiger partial charge in [-0.1, -0.05) is 48.5 Å². The normalized spacial score (nSPS) is 49.1. The first-order valence-corrected chi connectivity index (χ1v) is 13.8. The fraction of sp³-hybridized carbons (Fsp3) is 1.00. The van der Waals surface area contributed by atoms with Crippen LogP contribution in [0.2, 0.25) is 0 Å². The summed E-state index contributed by atoms with van der Waals surface area (Å²) in [4.78, 5) is 0. The van der Waals surface area contributed by atoms with E-state index in [9.17, 15) is 5.11 Å². The minimum Gasteiger partial charge on any atom is -0.393 e. The predicted octanol–water partition coefficient (Wildman–Crippen LogP) is 7.96. The molecule has 0 spiro atoms. The molecule has 0 bridgehead atoms. The zero-order chi connectivity index (χ0) is 21.8. The Balaban J connectivity index is 1.47. The van der Waals surface area contributed by atoms with E-state index in [1.54, 1.807) is 0 Å². The fourth-order valence-electron chi connectivity index (χ4n) is 9.83. The van der Waals surface area contributed by atoms with Gasteiger partial charge in [-0.25, -0.2) is 0 Å². The average Bonchev–Trinajstić information content (AvgIpc) is 3.05. The summed E-state index contributed by atoms with van der Waals surface area (Å²) in [5, 5.41) is 10.3. The zero-order valence-electron chi connectivity index (χ0n) is 21.3. The van der Waals surface area contributed by atoms with E-state index in [4.69, 9.17) is 0 Å². The number of hydrogen-bond donors (Lipinski definition) is 1. The van der Waals surface area contributed by atoms with Crippen LogP contribution < -0.4 is 0 Å². The van der Waals surface area contributed by atoms with Gasteiger partial charge in [-0.2, -0.15) is 0 Å². The van der Waals surface area contributed by atoms with Gasteiger partial charge < -0.3 is 5.11 Å². The van der Waals surface area contributed by atoms with Gasteiger partial charge in [0, 0.05) is 0 Å². The van der Waals surface area contributed by atoms with Crippen LogP contribution in [0, 0.1) is 64.1 Å². The van der Waals surface area contributed by atoms with E-state index in [2.05, 4.69) is 48.5 Å². The largest absolute Gasteiger partial charge is 0.393 e. The third kappa shape index (κ3) is 3.72. The van der Waals surface area contributed by atoms with Crippen molar-refractivity contribution >= 4 is 0 Å². The zero-order valence-corrected chi connectivity index (χ0v) is 21.3. The van der Waals surface area contributed by atoms with Crippen LogP contribution in [0.3, 0.4) is 0 Å². The summed E-state index contributed by atoms with van der Waals surface area (Å²) in [5.74, 6) is 8.01. The maximum Gasteiger partial charge on any atom is 0.0543 e. The first kappa shape index (κ1) is 23.1. The summed E-state index contributed by atoms with van der Waals surface area (Å²) >= 11 is 0. The fourth-order valence-corrected chi connectivity index (χ4v) is 9.83. The van der Waals surface area contributed by atoms with Gasteiger partial charge >= 0.3 is 0 Å². The lowest BCUT2D eigenvalue weighted by Crippen LogP contribution is -2.54. The molecule has 4 saturated carbocycles. The van der Waals surface area contributed by atoms with Crippen molar-refractivity contribution in [2.45, 2.75) is 119 Å². The van der Waals surface area contributed by atoms with E-state index in [0.717, 1.165) is 66.1 Å². The van der Waals surface area contributed by atoms with Crippen molar-refractivity contribution in [1.82, 2.24) is 0 Å². The van der Waals surface area contributed by atoms with E-state index >= 15 is 0 Å². The molecule has 0 amide bonds. The number of hydrogen-bond acceptors (Lipinski definition) is 1. The molecule has 0 heterocycles. The molecule has 5 unspecified atom stereocenters. The van der Waals surface area contributed by atoms with Gasteiger partial charge in [-0.05, 0) is 128 Å². The highest BCUT2D eigenvalue weighted by Gasteiger charge is 2.60. The average molecular weight is 417 g/mol. The molecule has 11 atom stereocenters. The van der Waals surface area contributed by atoms with Gasteiger partial charge in [-0.3, -0.25) is 0 Å². The molecule has 4 rings (SSSR count). The monoisotopic (exact) mass is 416 g/mol. The summed E-state index contributed by atoms with van der Waals surface area (Å²) in [5.41, 5.74) is 1.12. The minimum absolute atomic E-state index is 0.0135. The summed E-state index contributed by atoms with van der Waals surface area (Å²) < 4.78 is 0. The highest BCUT2D eigenvalue weighted by Crippen LogP contribution is 2.68. The quantitative estimate of drug-likeness (QED) is 0.482. The van der Waals surface area contributed by atoms with Crippen LogP contribution in [0.15, 0.2) is 0 Å². The smallest absolute Gasteiger partial charge is 0.0543 e. The summed E-state index contributed by atoms with van der Waals surface area (Å²) in [6.45, 7) is 17.8. The van der Waals surface area contributed by atoms with Crippen molar-refractivity contribution in [2.75, 3.05) is 0 Å². The van der Waals surface area contributed by atoms with E-state index in [1.165, 1.54) is 51.4 Å². The Hall–Kier alpha value is -0.0400. The van der Waals surface area contributed by atoms with Gasteiger partial charge in [0.05, 0.1) is 6.10 Å². The second-order valence-electron chi connectivity index (χ2n) is 13.6. The molecular weight excluding hydrogens is 364 g/mol. The lowest BCUT2D eigenvalue weighted by atomic mass is 9.44. The lowest BCUT2D eigenvalue weighted by Gasteiger charge is -2.61. The third-order valence-electron chi connectivity index (χ3n) is 12.1. The Morgan fingerprint density at radius 2 is 1.47 bits per heavy atom. The Bertz CT molecular complexity index is 597. The first-order chi connectivity index (χ1) is 14.1. The molecule has 0 aromatic rings. The van der Waals surface area contributed by atoms with Gasteiger partial charge in [0.1, 0.15) is 0 Å². The molecule has 0 radical (unpaired) electrons. The molecule has 30 heavy (non-hydrogen) atoms. The van der Waals surface area contributed by atoms with Crippen LogP contribution in [0.5, 0.6) is 0 Å². The molecule has 1 heteroatoms. The molecule has 4 fully saturated rings. The van der Waals surface area contributed by atoms with Crippen LogP contribution in [0.1, 0.15) is 113 Å². The van der Waals surface area contributed by atoms with Crippen molar-refractivity contribution in [3.63, 3.8) is 0 Å². The van der Waals surface area contributed by atoms with Crippen LogP contribution >= 0.6 is 0 Å². The summed E-state index contributed by atoms with van der Waals surface area (Å²) in [6, 6.07) is 0. The standard InChI is InChI=1S/C29H52O/c1-18(2)21(5)19(3)16-20(4)25-10-11-26-24-9-8-22-17-23(30)12-14-28(22,6)27(24)13-15-29(25,26)7/h18-27,30H,8-17H2,1-7H3/t19-,20?,21+,22?,23-,24?,25+,26?,27?,28-,29+/m0/s1. The molecule has 0 aromatic heterocycles. The number of aliphatic hydroxyl groups is 1. The van der Waals surface area contributed by atoms with E-state index in [1.807, 2.05) is 0 Å². The Morgan fingerprint density at radius 1 is 0.800 bits per heavy atom. The van der Waals surface area contributed by atoms with Gasteiger partial charge in [0.15, 0.2) is 0 Å². The maximum atomic E-state index is 10.3. The predicted molar refractivity (Wildman–Crippen MR) is 128 cm³/mol. The highest BCUT2D eigenvalue weighted by atomic mass is 16.3. The van der Waals surface area contributed by atoms with Crippen molar-refractivity contribution in [3.05, 3.63) is 0 Å². The second kappa shape index (κ2) is 8.39. The molecule has 4 aliphatic rings. The van der Waals surface area contributed by atoms with Gasteiger partial charge in [0.2, 0.25) is 0 Å². The van der Waals surface area contributed by atoms with Crippen LogP contribution in [0.4, 0.5) is 0 Å². The molecule has 1 N–H and O–H groups in total. The molecule has 1 nitrogen and oxygen atoms in total. The maximum absolute atomic E-state index is 10.3. The molecule has 0 aromatic carbocycles. The highest BCUT2D eigenvalue weighted by molar-refractivity contribution is 5.09. The first-order valence-electron chi connectivity index (χ1n) is 13.8. The van der Waals surface area contributed by atoms with E-state index in [-0.39, 0.29) is 6.10 Å². The Labute approximate surface area is 188 Å². The number of aliphatic hydroxyl groups excluding tert-OH is 1. The summed E-state index contributed by atoms with van der Waals surface area (Å²) in [6.07, 6.45) is 13.7. The van der Waals surface area contributed by atoms with Crippen molar-refractivity contribution in [2.24, 2.45) is 64.1 Å². The number of fused-ring (bicyclic) bond motifs is 5. The van der Waals surface area contributed by atoms with Gasteiger partial charge in [-0.15, -0.1) is 0 Å². The molecule has 4 aliphatic carbocycles. The van der Waals surface area contributed by atoms with Crippen LogP contribution in [0.25, 0.3) is 0 Å². The Morgan fingerprint density at radius 3 is 2.17 bits per heavy atom. The van der Waals surface area contributed by atoms with Crippen molar-refractivity contribution in [3.8, 4) is 0 Å². The molecule has 0 saturated heterocycles. The molecule has 174 valence electrons.